The quantitative estimate of drug-likeness (QED) is 0.782. The highest BCUT2D eigenvalue weighted by molar-refractivity contribution is 7.80. The average Bonchev–Trinajstić information content (AvgIpc) is 2.65. The summed E-state index contributed by atoms with van der Waals surface area (Å²) in [5, 5.41) is 6.81. The Hall–Kier alpha value is -1.43. The number of nitrogens with one attached hydrogen (secondary N) is 1. The minimum atomic E-state index is -0.414. The zero-order chi connectivity index (χ0) is 14.6. The summed E-state index contributed by atoms with van der Waals surface area (Å²) >= 11 is 4.95. The topological polar surface area (TPSA) is 81.2 Å². The molecule has 0 aromatic carbocycles. The van der Waals surface area contributed by atoms with E-state index in [4.69, 9.17) is 22.5 Å². The number of nitrogens with zero attached hydrogens (tertiary/aromatic N) is 1. The maximum atomic E-state index is 12.2. The summed E-state index contributed by atoms with van der Waals surface area (Å²) in [6.45, 7) is 7.57. The number of hydrogen-bond donors (Lipinski definition) is 2. The first-order valence-electron chi connectivity index (χ1n) is 6.40. The van der Waals surface area contributed by atoms with Crippen LogP contribution in [0.1, 0.15) is 49.7 Å². The van der Waals surface area contributed by atoms with E-state index >= 15 is 0 Å². The van der Waals surface area contributed by atoms with Gasteiger partial charge in [0.05, 0.1) is 22.6 Å². The second-order valence-electron chi connectivity index (χ2n) is 4.71. The fourth-order valence-electron chi connectivity index (χ4n) is 2.19. The lowest BCUT2D eigenvalue weighted by molar-refractivity contribution is -0.123. The Morgan fingerprint density at radius 2 is 2.16 bits per heavy atom. The maximum Gasteiger partial charge on any atom is 0.230 e. The Morgan fingerprint density at radius 3 is 2.58 bits per heavy atom. The molecule has 0 fully saturated rings. The maximum absolute atomic E-state index is 12.2. The van der Waals surface area contributed by atoms with Gasteiger partial charge in [0.2, 0.25) is 5.91 Å². The minimum absolute atomic E-state index is 0.137. The van der Waals surface area contributed by atoms with E-state index in [2.05, 4.69) is 10.5 Å². The lowest BCUT2D eigenvalue weighted by Crippen LogP contribution is -2.39. The molecular weight excluding hydrogens is 262 g/mol. The van der Waals surface area contributed by atoms with Crippen LogP contribution in [0.4, 0.5) is 0 Å². The molecule has 0 saturated carbocycles. The molecule has 1 aromatic heterocycles. The molecule has 0 aliphatic rings. The summed E-state index contributed by atoms with van der Waals surface area (Å²) in [6, 6.07) is -0.174. The van der Waals surface area contributed by atoms with Gasteiger partial charge in [-0.3, -0.25) is 4.79 Å². The van der Waals surface area contributed by atoms with Crippen LogP contribution in [0.5, 0.6) is 0 Å². The number of carbonyl (C=O) groups excluding carboxylic acids is 1. The molecule has 5 nitrogen and oxygen atoms in total. The van der Waals surface area contributed by atoms with Crippen molar-refractivity contribution in [1.82, 2.24) is 10.5 Å². The Bertz CT molecular complexity index is 451. The standard InChI is InChI=1S/C13H21N3O2S/c1-5-6-10(12(14)19)13(17)15-7(2)11-8(3)16-18-9(11)4/h7,10H,5-6H2,1-4H3,(H2,14,19)(H,15,17). The lowest BCUT2D eigenvalue weighted by atomic mass is 10.0. The number of thiocarbonyl (C=S) groups is 1. The molecule has 1 rings (SSSR count). The van der Waals surface area contributed by atoms with Gasteiger partial charge in [-0.2, -0.15) is 0 Å². The van der Waals surface area contributed by atoms with E-state index < -0.39 is 5.92 Å². The zero-order valence-electron chi connectivity index (χ0n) is 11.8. The number of aromatic nitrogens is 1. The fourth-order valence-corrected chi connectivity index (χ4v) is 2.41. The van der Waals surface area contributed by atoms with Crippen LogP contribution in [0.15, 0.2) is 4.52 Å². The highest BCUT2D eigenvalue weighted by Crippen LogP contribution is 2.21. The summed E-state index contributed by atoms with van der Waals surface area (Å²) in [5.74, 6) is 0.164. The van der Waals surface area contributed by atoms with Crippen LogP contribution < -0.4 is 11.1 Å². The van der Waals surface area contributed by atoms with Crippen molar-refractivity contribution in [3.05, 3.63) is 17.0 Å². The number of aryl methyl sites for hydroxylation is 2. The SMILES string of the molecule is CCCC(C(=O)NC(C)c1c(C)noc1C)C(N)=S. The van der Waals surface area contributed by atoms with E-state index in [0.717, 1.165) is 17.7 Å². The molecular formula is C13H21N3O2S. The van der Waals surface area contributed by atoms with Crippen LogP contribution in [-0.2, 0) is 4.79 Å². The fraction of sp³-hybridized carbons (Fsp3) is 0.615. The van der Waals surface area contributed by atoms with Crippen molar-refractivity contribution in [3.63, 3.8) is 0 Å². The van der Waals surface area contributed by atoms with Gasteiger partial charge in [0.25, 0.3) is 0 Å². The molecule has 0 aliphatic heterocycles. The predicted octanol–water partition coefficient (Wildman–Crippen LogP) is 2.17. The van der Waals surface area contributed by atoms with Gasteiger partial charge in [-0.1, -0.05) is 30.7 Å². The highest BCUT2D eigenvalue weighted by atomic mass is 32.1. The van der Waals surface area contributed by atoms with Crippen molar-refractivity contribution < 1.29 is 9.32 Å². The first-order chi connectivity index (χ1) is 8.88. The van der Waals surface area contributed by atoms with Gasteiger partial charge < -0.3 is 15.6 Å². The van der Waals surface area contributed by atoms with E-state index in [1.54, 1.807) is 0 Å². The van der Waals surface area contributed by atoms with Crippen molar-refractivity contribution in [1.29, 1.82) is 0 Å². The third kappa shape index (κ3) is 3.76. The molecule has 0 spiro atoms. The molecule has 1 aromatic rings. The molecule has 0 saturated heterocycles. The number of rotatable bonds is 6. The Labute approximate surface area is 118 Å². The smallest absolute Gasteiger partial charge is 0.230 e. The van der Waals surface area contributed by atoms with Gasteiger partial charge in [-0.15, -0.1) is 0 Å². The normalized spacial score (nSPS) is 13.9. The molecule has 2 unspecified atom stereocenters. The van der Waals surface area contributed by atoms with Crippen LogP contribution in [0.25, 0.3) is 0 Å². The van der Waals surface area contributed by atoms with Crippen LogP contribution in [-0.4, -0.2) is 16.1 Å². The number of hydrogen-bond acceptors (Lipinski definition) is 4. The van der Waals surface area contributed by atoms with E-state index in [9.17, 15) is 4.79 Å². The Balaban J connectivity index is 2.78. The van der Waals surface area contributed by atoms with Gasteiger partial charge in [0, 0.05) is 5.56 Å². The third-order valence-electron chi connectivity index (χ3n) is 3.12. The molecule has 2 atom stereocenters. The summed E-state index contributed by atoms with van der Waals surface area (Å²) in [6.07, 6.45) is 1.52. The van der Waals surface area contributed by atoms with Gasteiger partial charge in [0.1, 0.15) is 5.76 Å². The van der Waals surface area contributed by atoms with E-state index in [1.165, 1.54) is 0 Å². The molecule has 0 radical (unpaired) electrons. The summed E-state index contributed by atoms with van der Waals surface area (Å²) in [5.41, 5.74) is 7.31. The third-order valence-corrected chi connectivity index (χ3v) is 3.40. The predicted molar refractivity (Wildman–Crippen MR) is 77.7 cm³/mol. The van der Waals surface area contributed by atoms with Gasteiger partial charge in [-0.25, -0.2) is 0 Å². The molecule has 0 bridgehead atoms. The van der Waals surface area contributed by atoms with Gasteiger partial charge in [-0.05, 0) is 27.2 Å². The average molecular weight is 283 g/mol. The second-order valence-corrected chi connectivity index (χ2v) is 5.18. The first kappa shape index (κ1) is 15.6. The highest BCUT2D eigenvalue weighted by Gasteiger charge is 2.24. The molecule has 1 amide bonds. The van der Waals surface area contributed by atoms with E-state index in [1.807, 2.05) is 27.7 Å². The van der Waals surface area contributed by atoms with Crippen LogP contribution >= 0.6 is 12.2 Å². The molecule has 1 heterocycles. The molecule has 6 heteroatoms. The van der Waals surface area contributed by atoms with Crippen LogP contribution in [0.2, 0.25) is 0 Å². The van der Waals surface area contributed by atoms with Crippen LogP contribution in [0.3, 0.4) is 0 Å². The summed E-state index contributed by atoms with van der Waals surface area (Å²) in [7, 11) is 0. The minimum Gasteiger partial charge on any atom is -0.393 e. The van der Waals surface area contributed by atoms with Crippen molar-refractivity contribution in [2.24, 2.45) is 11.7 Å². The summed E-state index contributed by atoms with van der Waals surface area (Å²) in [4.78, 5) is 12.4. The van der Waals surface area contributed by atoms with Crippen molar-refractivity contribution >= 4 is 23.1 Å². The van der Waals surface area contributed by atoms with Crippen molar-refractivity contribution in [2.75, 3.05) is 0 Å². The Kier molecular flexibility index (Phi) is 5.47. The van der Waals surface area contributed by atoms with Crippen molar-refractivity contribution in [3.8, 4) is 0 Å². The lowest BCUT2D eigenvalue weighted by Gasteiger charge is -2.19. The number of amides is 1. The van der Waals surface area contributed by atoms with Crippen molar-refractivity contribution in [2.45, 2.75) is 46.6 Å². The molecule has 19 heavy (non-hydrogen) atoms. The monoisotopic (exact) mass is 283 g/mol. The van der Waals surface area contributed by atoms with Crippen LogP contribution in [0, 0.1) is 19.8 Å². The van der Waals surface area contributed by atoms with Gasteiger partial charge >= 0.3 is 0 Å². The second kappa shape index (κ2) is 6.65. The molecule has 3 N–H and O–H groups in total. The summed E-state index contributed by atoms with van der Waals surface area (Å²) < 4.78 is 5.10. The Morgan fingerprint density at radius 1 is 1.53 bits per heavy atom. The number of carbonyl (C=O) groups is 1. The molecule has 0 aliphatic carbocycles. The van der Waals surface area contributed by atoms with E-state index in [0.29, 0.717) is 12.2 Å². The molecule has 106 valence electrons. The largest absolute Gasteiger partial charge is 0.393 e. The first-order valence-corrected chi connectivity index (χ1v) is 6.81. The van der Waals surface area contributed by atoms with Gasteiger partial charge in [0.15, 0.2) is 0 Å². The van der Waals surface area contributed by atoms with E-state index in [-0.39, 0.29) is 16.9 Å². The number of nitrogens with two attached hydrogens (primary N) is 1. The zero-order valence-corrected chi connectivity index (χ0v) is 12.6.